The van der Waals surface area contributed by atoms with Gasteiger partial charge in [-0.1, -0.05) is 82.3 Å². The fourth-order valence-corrected chi connectivity index (χ4v) is 11.3. The molecule has 296 valence electrons. The van der Waals surface area contributed by atoms with Crippen LogP contribution < -0.4 is 23.7 Å². The molecule has 0 radical (unpaired) electrons. The molecule has 0 saturated heterocycles. The Bertz CT molecular complexity index is 2530. The normalized spacial score (nSPS) is 17.5. The molecule has 0 aromatic heterocycles. The van der Waals surface area contributed by atoms with Crippen molar-refractivity contribution in [3.8, 4) is 51.0 Å². The summed E-state index contributed by atoms with van der Waals surface area (Å²) in [5.41, 5.74) is 9.68. The highest BCUT2D eigenvalue weighted by atomic mass is 16.5. The van der Waals surface area contributed by atoms with Crippen LogP contribution in [0.2, 0.25) is 0 Å². The summed E-state index contributed by atoms with van der Waals surface area (Å²) in [6, 6.07) is 35.6. The maximum absolute atomic E-state index is 11.2. The molecule has 6 nitrogen and oxygen atoms in total. The van der Waals surface area contributed by atoms with E-state index in [0.29, 0.717) is 11.5 Å². The van der Waals surface area contributed by atoms with Crippen LogP contribution >= 0.6 is 0 Å². The molecule has 6 aromatic rings. The van der Waals surface area contributed by atoms with E-state index in [2.05, 4.69) is 101 Å². The van der Waals surface area contributed by atoms with E-state index in [0.717, 1.165) is 80.7 Å². The zero-order valence-corrected chi connectivity index (χ0v) is 34.8. The minimum absolute atomic E-state index is 0.0819. The van der Waals surface area contributed by atoms with Crippen LogP contribution in [0.4, 0.5) is 0 Å². The fraction of sp³-hybridized carbons (Fsp3) is 0.308. The third kappa shape index (κ3) is 5.79. The van der Waals surface area contributed by atoms with E-state index < -0.39 is 5.60 Å². The molecule has 0 bridgehead atoms. The van der Waals surface area contributed by atoms with Crippen LogP contribution in [0.3, 0.4) is 0 Å². The lowest BCUT2D eigenvalue weighted by Crippen LogP contribution is -2.44. The third-order valence-corrected chi connectivity index (χ3v) is 12.9. The summed E-state index contributed by atoms with van der Waals surface area (Å²) in [5.74, 6) is 3.71. The van der Waals surface area contributed by atoms with Crippen molar-refractivity contribution in [1.29, 1.82) is 0 Å². The van der Waals surface area contributed by atoms with Crippen LogP contribution in [-0.2, 0) is 17.6 Å². The van der Waals surface area contributed by atoms with Gasteiger partial charge in [-0.15, -0.1) is 0 Å². The van der Waals surface area contributed by atoms with Crippen molar-refractivity contribution in [2.24, 2.45) is 10.8 Å². The van der Waals surface area contributed by atoms with E-state index in [-0.39, 0.29) is 22.9 Å². The number of hydrogen-bond acceptors (Lipinski definition) is 6. The van der Waals surface area contributed by atoms with E-state index in [1.165, 1.54) is 22.3 Å². The number of rotatable bonds is 8. The summed E-state index contributed by atoms with van der Waals surface area (Å²) >= 11 is 0. The quantitative estimate of drug-likeness (QED) is 0.166. The first kappa shape index (κ1) is 37.8. The predicted molar refractivity (Wildman–Crippen MR) is 232 cm³/mol. The Hall–Kier alpha value is -5.72. The first-order chi connectivity index (χ1) is 27.9. The molecule has 0 atom stereocenters. The molecule has 1 saturated carbocycles. The maximum Gasteiger partial charge on any atom is 0.178 e. The molecule has 1 heterocycles. The molecule has 6 heteroatoms. The Balaban J connectivity index is 1.42. The summed E-state index contributed by atoms with van der Waals surface area (Å²) < 4.78 is 30.6. The second kappa shape index (κ2) is 13.7. The Morgan fingerprint density at radius 1 is 0.603 bits per heavy atom. The molecule has 3 aliphatic rings. The second-order valence-electron chi connectivity index (χ2n) is 17.9. The number of methoxy groups -OCH3 is 4. The Morgan fingerprint density at radius 3 is 1.79 bits per heavy atom. The summed E-state index contributed by atoms with van der Waals surface area (Å²) in [6.07, 6.45) is 7.74. The van der Waals surface area contributed by atoms with Gasteiger partial charge in [0.15, 0.2) is 5.60 Å². The van der Waals surface area contributed by atoms with Gasteiger partial charge in [0.25, 0.3) is 0 Å². The standard InChI is InChI=1S/C52H52O6/c1-49(2)29-50(3,4)31-51(30-49)44-12-10-9-11-39(44)46-42-25-32(28-53)41(38-22-21-37(56-7)26-45(38)57-8)27-43(42)48-40(47(46)51)23-24-52(58-48,33-13-17-35(54-5)18-14-33)34-15-19-36(55-6)20-16-34/h9-27,53H,28-31H2,1-8H3. The highest BCUT2D eigenvalue weighted by molar-refractivity contribution is 6.10. The molecule has 9 rings (SSSR count). The van der Waals surface area contributed by atoms with Gasteiger partial charge in [-0.05, 0) is 123 Å². The highest BCUT2D eigenvalue weighted by Gasteiger charge is 2.55. The van der Waals surface area contributed by atoms with Gasteiger partial charge in [0.1, 0.15) is 28.7 Å². The molecule has 0 amide bonds. The van der Waals surface area contributed by atoms with Crippen LogP contribution in [0.5, 0.6) is 28.7 Å². The van der Waals surface area contributed by atoms with Gasteiger partial charge in [-0.3, -0.25) is 0 Å². The Morgan fingerprint density at radius 2 is 1.21 bits per heavy atom. The number of aliphatic hydroxyl groups is 1. The van der Waals surface area contributed by atoms with Crippen LogP contribution in [0.1, 0.15) is 80.3 Å². The Labute approximate surface area is 342 Å². The van der Waals surface area contributed by atoms with Gasteiger partial charge < -0.3 is 28.8 Å². The first-order valence-corrected chi connectivity index (χ1v) is 20.2. The van der Waals surface area contributed by atoms with E-state index in [1.807, 2.05) is 42.5 Å². The lowest BCUT2D eigenvalue weighted by atomic mass is 9.52. The lowest BCUT2D eigenvalue weighted by Gasteiger charge is -2.52. The zero-order chi connectivity index (χ0) is 40.6. The van der Waals surface area contributed by atoms with Crippen molar-refractivity contribution < 1.29 is 28.8 Å². The minimum atomic E-state index is -0.996. The second-order valence-corrected chi connectivity index (χ2v) is 17.9. The van der Waals surface area contributed by atoms with Crippen molar-refractivity contribution >= 4 is 16.8 Å². The molecule has 6 aromatic carbocycles. The van der Waals surface area contributed by atoms with Crippen LogP contribution in [-0.4, -0.2) is 33.5 Å². The van der Waals surface area contributed by atoms with E-state index in [4.69, 9.17) is 23.7 Å². The van der Waals surface area contributed by atoms with Crippen molar-refractivity contribution in [3.63, 3.8) is 0 Å². The number of aliphatic hydroxyl groups excluding tert-OH is 1. The van der Waals surface area contributed by atoms with Gasteiger partial charge in [0.2, 0.25) is 0 Å². The van der Waals surface area contributed by atoms with Gasteiger partial charge >= 0.3 is 0 Å². The first-order valence-electron chi connectivity index (χ1n) is 20.2. The summed E-state index contributed by atoms with van der Waals surface area (Å²) in [6.45, 7) is 9.60. The van der Waals surface area contributed by atoms with Crippen molar-refractivity contribution in [1.82, 2.24) is 0 Å². The number of fused-ring (bicyclic) bond motifs is 10. The Kier molecular flexibility index (Phi) is 8.94. The molecule has 1 spiro atoms. The smallest absolute Gasteiger partial charge is 0.178 e. The number of benzene rings is 6. The zero-order valence-electron chi connectivity index (χ0n) is 34.8. The van der Waals surface area contributed by atoms with Crippen molar-refractivity contribution in [3.05, 3.63) is 143 Å². The summed E-state index contributed by atoms with van der Waals surface area (Å²) in [4.78, 5) is 0. The minimum Gasteiger partial charge on any atom is -0.497 e. The van der Waals surface area contributed by atoms with Crippen LogP contribution in [0.25, 0.3) is 39.1 Å². The number of ether oxygens (including phenoxy) is 5. The average Bonchev–Trinajstić information content (AvgIpc) is 3.49. The fourth-order valence-electron chi connectivity index (χ4n) is 11.3. The molecule has 0 unspecified atom stereocenters. The monoisotopic (exact) mass is 772 g/mol. The largest absolute Gasteiger partial charge is 0.497 e. The van der Waals surface area contributed by atoms with E-state index >= 15 is 0 Å². The van der Waals surface area contributed by atoms with Crippen molar-refractivity contribution in [2.75, 3.05) is 28.4 Å². The molecular formula is C52H52O6. The maximum atomic E-state index is 11.2. The van der Waals surface area contributed by atoms with Gasteiger partial charge in [-0.2, -0.15) is 0 Å². The van der Waals surface area contributed by atoms with Crippen molar-refractivity contribution in [2.45, 2.75) is 64.6 Å². The SMILES string of the molecule is COc1ccc(C2(c3ccc(OC)cc3)C=Cc3c4c(c5cc(CO)c(-c6ccc(OC)cc6OC)cc5c3O2)-c2ccccc2C42CC(C)(C)CC(C)(C)C2)cc1. The predicted octanol–water partition coefficient (Wildman–Crippen LogP) is 11.9. The van der Waals surface area contributed by atoms with Gasteiger partial charge in [-0.25, -0.2) is 0 Å². The molecule has 1 aliphatic heterocycles. The van der Waals surface area contributed by atoms with Gasteiger partial charge in [0, 0.05) is 39.1 Å². The molecule has 1 N–H and O–H groups in total. The molecule has 2 aliphatic carbocycles. The topological polar surface area (TPSA) is 66.4 Å². The molecule has 58 heavy (non-hydrogen) atoms. The van der Waals surface area contributed by atoms with Crippen LogP contribution in [0, 0.1) is 10.8 Å². The van der Waals surface area contributed by atoms with E-state index in [9.17, 15) is 5.11 Å². The lowest BCUT2D eigenvalue weighted by molar-refractivity contribution is 0.0642. The molecular weight excluding hydrogens is 721 g/mol. The molecule has 1 fully saturated rings. The van der Waals surface area contributed by atoms with E-state index in [1.54, 1.807) is 28.4 Å². The summed E-state index contributed by atoms with van der Waals surface area (Å²) in [5, 5.41) is 13.2. The highest BCUT2D eigenvalue weighted by Crippen LogP contribution is 2.67. The summed E-state index contributed by atoms with van der Waals surface area (Å²) in [7, 11) is 6.69. The number of hydrogen-bond donors (Lipinski definition) is 1. The van der Waals surface area contributed by atoms with Gasteiger partial charge in [0.05, 0.1) is 35.0 Å². The average molecular weight is 773 g/mol. The third-order valence-electron chi connectivity index (χ3n) is 12.9. The van der Waals surface area contributed by atoms with Crippen LogP contribution in [0.15, 0.2) is 109 Å².